The Bertz CT molecular complexity index is 456. The first-order valence-electron chi connectivity index (χ1n) is 7.27. The van der Waals surface area contributed by atoms with Gasteiger partial charge in [0.25, 0.3) is 0 Å². The molecule has 2 atom stereocenters. The lowest BCUT2D eigenvalue weighted by Crippen LogP contribution is -2.41. The lowest BCUT2D eigenvalue weighted by molar-refractivity contribution is -0.131. The second-order valence-electron chi connectivity index (χ2n) is 5.99. The van der Waals surface area contributed by atoms with E-state index in [1.54, 1.807) is 0 Å². The molecule has 0 unspecified atom stereocenters. The molecule has 22 heavy (non-hydrogen) atoms. The number of carbonyl (C=O) groups excluding carboxylic acids is 1. The topological polar surface area (TPSA) is 49.6 Å². The standard InChI is InChI=1S/C16H25N3O.2ClH/c1-12(2)18(3)11-16(20)19-9-14(15(17)10-19)13-7-5-4-6-8-13;;/h4-8,12,14-15H,9-11,17H2,1-3H3;2*1H/t14-,15+;;/m0../s1. The molecule has 1 aromatic rings. The molecule has 4 nitrogen and oxygen atoms in total. The zero-order valence-corrected chi connectivity index (χ0v) is 15.1. The van der Waals surface area contributed by atoms with Crippen LogP contribution in [0.2, 0.25) is 0 Å². The number of rotatable bonds is 4. The summed E-state index contributed by atoms with van der Waals surface area (Å²) < 4.78 is 0. The monoisotopic (exact) mass is 347 g/mol. The molecule has 1 heterocycles. The van der Waals surface area contributed by atoms with Crippen molar-refractivity contribution in [2.45, 2.75) is 31.8 Å². The summed E-state index contributed by atoms with van der Waals surface area (Å²) in [5, 5.41) is 0. The van der Waals surface area contributed by atoms with E-state index in [-0.39, 0.29) is 42.7 Å². The van der Waals surface area contributed by atoms with Crippen LogP contribution in [0.5, 0.6) is 0 Å². The van der Waals surface area contributed by atoms with E-state index in [0.29, 0.717) is 19.1 Å². The van der Waals surface area contributed by atoms with Crippen LogP contribution in [-0.4, -0.2) is 54.5 Å². The summed E-state index contributed by atoms with van der Waals surface area (Å²) in [6, 6.07) is 10.7. The van der Waals surface area contributed by atoms with Crippen molar-refractivity contribution in [1.29, 1.82) is 0 Å². The lowest BCUT2D eigenvalue weighted by Gasteiger charge is -2.24. The lowest BCUT2D eigenvalue weighted by atomic mass is 9.95. The van der Waals surface area contributed by atoms with E-state index in [9.17, 15) is 4.79 Å². The Labute approximate surface area is 145 Å². The van der Waals surface area contributed by atoms with Crippen LogP contribution in [0, 0.1) is 0 Å². The van der Waals surface area contributed by atoms with Gasteiger partial charge < -0.3 is 10.6 Å². The molecule has 2 N–H and O–H groups in total. The van der Waals surface area contributed by atoms with Gasteiger partial charge in [0.2, 0.25) is 5.91 Å². The zero-order valence-electron chi connectivity index (χ0n) is 13.4. The van der Waals surface area contributed by atoms with Gasteiger partial charge in [0, 0.05) is 31.1 Å². The molecule has 1 aromatic carbocycles. The average molecular weight is 348 g/mol. The summed E-state index contributed by atoms with van der Waals surface area (Å²) in [7, 11) is 1.98. The fourth-order valence-electron chi connectivity index (χ4n) is 2.58. The quantitative estimate of drug-likeness (QED) is 0.907. The molecule has 1 aliphatic heterocycles. The van der Waals surface area contributed by atoms with E-state index in [0.717, 1.165) is 6.54 Å². The fourth-order valence-corrected chi connectivity index (χ4v) is 2.58. The number of nitrogens with two attached hydrogens (primary N) is 1. The number of amides is 1. The number of hydrogen-bond acceptors (Lipinski definition) is 3. The van der Waals surface area contributed by atoms with Crippen LogP contribution < -0.4 is 5.73 Å². The van der Waals surface area contributed by atoms with E-state index in [2.05, 4.69) is 30.9 Å². The molecule has 126 valence electrons. The average Bonchev–Trinajstić information content (AvgIpc) is 2.81. The van der Waals surface area contributed by atoms with Crippen molar-refractivity contribution < 1.29 is 4.79 Å². The number of hydrogen-bond donors (Lipinski definition) is 1. The van der Waals surface area contributed by atoms with Gasteiger partial charge in [0.1, 0.15) is 0 Å². The van der Waals surface area contributed by atoms with Crippen molar-refractivity contribution in [3.8, 4) is 0 Å². The predicted molar refractivity (Wildman–Crippen MR) is 96.0 cm³/mol. The molecular weight excluding hydrogens is 321 g/mol. The summed E-state index contributed by atoms with van der Waals surface area (Å²) in [5.74, 6) is 0.430. The first-order valence-corrected chi connectivity index (χ1v) is 7.27. The van der Waals surface area contributed by atoms with Gasteiger partial charge in [-0.15, -0.1) is 24.8 Å². The SMILES string of the molecule is CC(C)N(C)CC(=O)N1C[C@@H](N)[C@H](c2ccccc2)C1.Cl.Cl. The molecule has 1 fully saturated rings. The zero-order chi connectivity index (χ0) is 14.7. The van der Waals surface area contributed by atoms with Crippen molar-refractivity contribution in [1.82, 2.24) is 9.80 Å². The molecule has 2 rings (SSSR count). The van der Waals surface area contributed by atoms with Gasteiger partial charge in [0.05, 0.1) is 6.54 Å². The smallest absolute Gasteiger partial charge is 0.236 e. The van der Waals surface area contributed by atoms with E-state index in [1.165, 1.54) is 5.56 Å². The predicted octanol–water partition coefficient (Wildman–Crippen LogP) is 2.12. The number of nitrogens with zero attached hydrogens (tertiary/aromatic N) is 2. The van der Waals surface area contributed by atoms with Gasteiger partial charge in [-0.2, -0.15) is 0 Å². The maximum absolute atomic E-state index is 12.3. The second-order valence-corrected chi connectivity index (χ2v) is 5.99. The summed E-state index contributed by atoms with van der Waals surface area (Å²) >= 11 is 0. The van der Waals surface area contributed by atoms with E-state index < -0.39 is 0 Å². The normalized spacial score (nSPS) is 20.7. The number of benzene rings is 1. The minimum absolute atomic E-state index is 0. The largest absolute Gasteiger partial charge is 0.339 e. The molecule has 1 aliphatic rings. The summed E-state index contributed by atoms with van der Waals surface area (Å²) in [6.45, 7) is 6.04. The Morgan fingerprint density at radius 2 is 1.86 bits per heavy atom. The highest BCUT2D eigenvalue weighted by atomic mass is 35.5. The highest BCUT2D eigenvalue weighted by Crippen LogP contribution is 2.26. The molecule has 1 saturated heterocycles. The minimum atomic E-state index is 0. The molecule has 0 saturated carbocycles. The van der Waals surface area contributed by atoms with E-state index in [4.69, 9.17) is 5.73 Å². The third-order valence-corrected chi connectivity index (χ3v) is 4.21. The minimum Gasteiger partial charge on any atom is -0.339 e. The molecule has 0 radical (unpaired) electrons. The third kappa shape index (κ3) is 5.13. The molecular formula is C16H27Cl2N3O. The number of likely N-dealkylation sites (tertiary alicyclic amines) is 1. The van der Waals surface area contributed by atoms with Gasteiger partial charge in [-0.3, -0.25) is 9.69 Å². The van der Waals surface area contributed by atoms with Gasteiger partial charge in [-0.05, 0) is 26.5 Å². The van der Waals surface area contributed by atoms with Crippen LogP contribution in [0.4, 0.5) is 0 Å². The van der Waals surface area contributed by atoms with Crippen LogP contribution >= 0.6 is 24.8 Å². The van der Waals surface area contributed by atoms with Gasteiger partial charge in [-0.1, -0.05) is 30.3 Å². The Kier molecular flexibility index (Phi) is 9.01. The summed E-state index contributed by atoms with van der Waals surface area (Å²) in [5.41, 5.74) is 7.45. The Morgan fingerprint density at radius 1 is 1.27 bits per heavy atom. The Morgan fingerprint density at radius 3 is 2.41 bits per heavy atom. The van der Waals surface area contributed by atoms with Gasteiger partial charge in [0.15, 0.2) is 0 Å². The van der Waals surface area contributed by atoms with Crippen molar-refractivity contribution in [2.24, 2.45) is 5.73 Å². The third-order valence-electron chi connectivity index (χ3n) is 4.21. The Balaban J connectivity index is 0.00000220. The summed E-state index contributed by atoms with van der Waals surface area (Å²) in [4.78, 5) is 16.3. The van der Waals surface area contributed by atoms with E-state index in [1.807, 2.05) is 30.1 Å². The number of halogens is 2. The van der Waals surface area contributed by atoms with Crippen molar-refractivity contribution in [3.05, 3.63) is 35.9 Å². The van der Waals surface area contributed by atoms with Crippen LogP contribution in [0.1, 0.15) is 25.3 Å². The number of likely N-dealkylation sites (N-methyl/N-ethyl adjacent to an activating group) is 1. The maximum atomic E-state index is 12.3. The first-order chi connectivity index (χ1) is 9.49. The molecule has 1 amide bonds. The molecule has 6 heteroatoms. The maximum Gasteiger partial charge on any atom is 0.236 e. The highest BCUT2D eigenvalue weighted by Gasteiger charge is 2.33. The summed E-state index contributed by atoms with van der Waals surface area (Å²) in [6.07, 6.45) is 0. The van der Waals surface area contributed by atoms with Gasteiger partial charge >= 0.3 is 0 Å². The number of carbonyl (C=O) groups is 1. The second kappa shape index (κ2) is 9.36. The molecule has 0 bridgehead atoms. The Hall–Kier alpha value is -0.810. The van der Waals surface area contributed by atoms with Crippen molar-refractivity contribution >= 4 is 30.7 Å². The van der Waals surface area contributed by atoms with Crippen molar-refractivity contribution in [3.63, 3.8) is 0 Å². The van der Waals surface area contributed by atoms with Crippen LogP contribution in [0.25, 0.3) is 0 Å². The first kappa shape index (κ1) is 21.2. The molecule has 0 aliphatic carbocycles. The van der Waals surface area contributed by atoms with Crippen LogP contribution in [0.15, 0.2) is 30.3 Å². The van der Waals surface area contributed by atoms with Crippen LogP contribution in [0.3, 0.4) is 0 Å². The molecule has 0 aromatic heterocycles. The van der Waals surface area contributed by atoms with Crippen LogP contribution in [-0.2, 0) is 4.79 Å². The van der Waals surface area contributed by atoms with Crippen molar-refractivity contribution in [2.75, 3.05) is 26.7 Å². The van der Waals surface area contributed by atoms with E-state index >= 15 is 0 Å². The highest BCUT2D eigenvalue weighted by molar-refractivity contribution is 5.85. The molecule has 0 spiro atoms. The fraction of sp³-hybridized carbons (Fsp3) is 0.562. The van der Waals surface area contributed by atoms with Gasteiger partial charge in [-0.25, -0.2) is 0 Å².